The fraction of sp³-hybridized carbons (Fsp3) is 0.115. The number of hydrogen-bond donors (Lipinski definition) is 0. The zero-order chi connectivity index (χ0) is 22.8. The van der Waals surface area contributed by atoms with E-state index in [-0.39, 0.29) is 25.5 Å². The second-order valence-electron chi connectivity index (χ2n) is 7.45. The molecule has 0 saturated heterocycles. The number of furan rings is 1. The van der Waals surface area contributed by atoms with Gasteiger partial charge in [-0.1, -0.05) is 48.5 Å². The van der Waals surface area contributed by atoms with Gasteiger partial charge in [0.25, 0.3) is 11.8 Å². The SMILES string of the molecule is O=C(OCCN1C(=O)c2ccccc2C1=O)c1oc2ccccc2c1COc1ccccc1. The van der Waals surface area contributed by atoms with Gasteiger partial charge in [-0.25, -0.2) is 4.79 Å². The van der Waals surface area contributed by atoms with Gasteiger partial charge in [-0.05, 0) is 30.3 Å². The van der Waals surface area contributed by atoms with Crippen LogP contribution in [0.4, 0.5) is 0 Å². The summed E-state index contributed by atoms with van der Waals surface area (Å²) in [5.41, 5.74) is 1.81. The quantitative estimate of drug-likeness (QED) is 0.311. The molecule has 3 aromatic carbocycles. The van der Waals surface area contributed by atoms with Crippen LogP contribution in [-0.2, 0) is 11.3 Å². The number of carbonyl (C=O) groups excluding carboxylic acids is 3. The maximum Gasteiger partial charge on any atom is 0.374 e. The summed E-state index contributed by atoms with van der Waals surface area (Å²) in [6.07, 6.45) is 0. The normalized spacial score (nSPS) is 12.8. The molecule has 0 N–H and O–H groups in total. The number of fused-ring (bicyclic) bond motifs is 2. The molecule has 2 amide bonds. The van der Waals surface area contributed by atoms with Gasteiger partial charge >= 0.3 is 5.97 Å². The predicted octanol–water partition coefficient (Wildman–Crippen LogP) is 4.46. The van der Waals surface area contributed by atoms with Crippen LogP contribution < -0.4 is 4.74 Å². The smallest absolute Gasteiger partial charge is 0.374 e. The van der Waals surface area contributed by atoms with Gasteiger partial charge in [0.05, 0.1) is 23.2 Å². The number of carbonyl (C=O) groups is 3. The molecule has 0 spiro atoms. The zero-order valence-electron chi connectivity index (χ0n) is 17.5. The second kappa shape index (κ2) is 8.63. The summed E-state index contributed by atoms with van der Waals surface area (Å²) in [5, 5.41) is 0.751. The van der Waals surface area contributed by atoms with Crippen molar-refractivity contribution in [2.24, 2.45) is 0 Å². The minimum absolute atomic E-state index is 0.0366. The molecule has 0 fully saturated rings. The van der Waals surface area contributed by atoms with Gasteiger partial charge in [0.15, 0.2) is 0 Å². The third-order valence-electron chi connectivity index (χ3n) is 5.44. The Morgan fingerprint density at radius 3 is 2.18 bits per heavy atom. The first-order valence-corrected chi connectivity index (χ1v) is 10.4. The molecule has 0 bridgehead atoms. The van der Waals surface area contributed by atoms with Gasteiger partial charge in [0, 0.05) is 5.39 Å². The van der Waals surface area contributed by atoms with Crippen LogP contribution in [0.2, 0.25) is 0 Å². The number of rotatable bonds is 7. The molecule has 33 heavy (non-hydrogen) atoms. The standard InChI is InChI=1S/C26H19NO6/c28-24-19-11-4-5-12-20(19)25(29)27(24)14-15-31-26(30)23-21(16-32-17-8-2-1-3-9-17)18-10-6-7-13-22(18)33-23/h1-13H,14-16H2. The van der Waals surface area contributed by atoms with Crippen molar-refractivity contribution >= 4 is 28.8 Å². The molecular weight excluding hydrogens is 422 g/mol. The molecule has 5 rings (SSSR count). The molecular formula is C26H19NO6. The largest absolute Gasteiger partial charge is 0.489 e. The number of nitrogens with zero attached hydrogens (tertiary/aromatic N) is 1. The van der Waals surface area contributed by atoms with Crippen LogP contribution in [0.25, 0.3) is 11.0 Å². The topological polar surface area (TPSA) is 86.0 Å². The average Bonchev–Trinajstić information content (AvgIpc) is 3.34. The third kappa shape index (κ3) is 3.85. The number of para-hydroxylation sites is 2. The van der Waals surface area contributed by atoms with Crippen molar-refractivity contribution in [2.75, 3.05) is 13.2 Å². The van der Waals surface area contributed by atoms with Gasteiger partial charge in [-0.15, -0.1) is 0 Å². The number of imide groups is 1. The van der Waals surface area contributed by atoms with E-state index in [2.05, 4.69) is 0 Å². The lowest BCUT2D eigenvalue weighted by Crippen LogP contribution is -2.33. The Morgan fingerprint density at radius 2 is 1.45 bits per heavy atom. The Balaban J connectivity index is 1.30. The first kappa shape index (κ1) is 20.5. The summed E-state index contributed by atoms with van der Waals surface area (Å²) in [7, 11) is 0. The number of hydrogen-bond acceptors (Lipinski definition) is 6. The number of amides is 2. The Bertz CT molecular complexity index is 1320. The molecule has 7 nitrogen and oxygen atoms in total. The average molecular weight is 441 g/mol. The van der Waals surface area contributed by atoms with Crippen molar-refractivity contribution < 1.29 is 28.3 Å². The van der Waals surface area contributed by atoms with Crippen LogP contribution in [0, 0.1) is 0 Å². The summed E-state index contributed by atoms with van der Waals surface area (Å²) in [5.74, 6) is -0.781. The summed E-state index contributed by atoms with van der Waals surface area (Å²) in [4.78, 5) is 38.9. The Hall–Kier alpha value is -4.39. The van der Waals surface area contributed by atoms with E-state index in [9.17, 15) is 14.4 Å². The fourth-order valence-corrected chi connectivity index (χ4v) is 3.82. The summed E-state index contributed by atoms with van der Waals surface area (Å²) >= 11 is 0. The van der Waals surface area contributed by atoms with Gasteiger partial charge < -0.3 is 13.9 Å². The van der Waals surface area contributed by atoms with Crippen LogP contribution in [-0.4, -0.2) is 35.8 Å². The third-order valence-corrected chi connectivity index (χ3v) is 5.44. The van der Waals surface area contributed by atoms with E-state index in [1.165, 1.54) is 0 Å². The highest BCUT2D eigenvalue weighted by Gasteiger charge is 2.35. The number of ether oxygens (including phenoxy) is 2. The molecule has 0 aliphatic carbocycles. The Kier molecular flexibility index (Phi) is 5.36. The van der Waals surface area contributed by atoms with Crippen molar-refractivity contribution in [3.8, 4) is 5.75 Å². The lowest BCUT2D eigenvalue weighted by atomic mass is 10.1. The van der Waals surface area contributed by atoms with Gasteiger partial charge in [-0.3, -0.25) is 14.5 Å². The van der Waals surface area contributed by atoms with E-state index in [0.717, 1.165) is 10.3 Å². The molecule has 1 aliphatic rings. The molecule has 4 aromatic rings. The summed E-state index contributed by atoms with van der Waals surface area (Å²) in [6.45, 7) is -0.0850. The van der Waals surface area contributed by atoms with Crippen molar-refractivity contribution in [1.29, 1.82) is 0 Å². The molecule has 0 saturated carbocycles. The van der Waals surface area contributed by atoms with E-state index in [1.54, 1.807) is 30.3 Å². The van der Waals surface area contributed by atoms with Crippen LogP contribution >= 0.6 is 0 Å². The van der Waals surface area contributed by atoms with Gasteiger partial charge in [0.2, 0.25) is 5.76 Å². The van der Waals surface area contributed by atoms with Crippen molar-refractivity contribution in [3.05, 3.63) is 101 Å². The van der Waals surface area contributed by atoms with Crippen LogP contribution in [0.15, 0.2) is 83.3 Å². The van der Waals surface area contributed by atoms with Gasteiger partial charge in [0.1, 0.15) is 24.5 Å². The summed E-state index contributed by atoms with van der Waals surface area (Å²) in [6, 6.07) is 23.1. The second-order valence-corrected chi connectivity index (χ2v) is 7.45. The van der Waals surface area contributed by atoms with Crippen LogP contribution in [0.1, 0.15) is 36.8 Å². The lowest BCUT2D eigenvalue weighted by Gasteiger charge is -2.13. The predicted molar refractivity (Wildman–Crippen MR) is 119 cm³/mol. The van der Waals surface area contributed by atoms with Crippen molar-refractivity contribution in [2.45, 2.75) is 6.61 Å². The molecule has 0 radical (unpaired) electrons. The van der Waals surface area contributed by atoms with E-state index < -0.39 is 17.8 Å². The zero-order valence-corrected chi connectivity index (χ0v) is 17.5. The fourth-order valence-electron chi connectivity index (χ4n) is 3.82. The highest BCUT2D eigenvalue weighted by atomic mass is 16.5. The molecule has 2 heterocycles. The van der Waals surface area contributed by atoms with E-state index in [4.69, 9.17) is 13.9 Å². The van der Waals surface area contributed by atoms with Crippen molar-refractivity contribution in [1.82, 2.24) is 4.90 Å². The maximum atomic E-state index is 12.8. The van der Waals surface area contributed by atoms with Crippen LogP contribution in [0.3, 0.4) is 0 Å². The van der Waals surface area contributed by atoms with E-state index in [1.807, 2.05) is 48.5 Å². The van der Waals surface area contributed by atoms with E-state index in [0.29, 0.717) is 28.0 Å². The molecule has 1 aromatic heterocycles. The van der Waals surface area contributed by atoms with E-state index >= 15 is 0 Å². The lowest BCUT2D eigenvalue weighted by molar-refractivity contribution is 0.0393. The maximum absolute atomic E-state index is 12.8. The first-order chi connectivity index (χ1) is 16.1. The molecule has 164 valence electrons. The van der Waals surface area contributed by atoms with Crippen molar-refractivity contribution in [3.63, 3.8) is 0 Å². The highest BCUT2D eigenvalue weighted by molar-refractivity contribution is 6.21. The first-order valence-electron chi connectivity index (χ1n) is 10.4. The number of esters is 1. The molecule has 1 aliphatic heterocycles. The molecule has 0 atom stereocenters. The molecule has 0 unspecified atom stereocenters. The highest BCUT2D eigenvalue weighted by Crippen LogP contribution is 2.28. The Labute approximate surface area is 189 Å². The monoisotopic (exact) mass is 441 g/mol. The van der Waals surface area contributed by atoms with Crippen LogP contribution in [0.5, 0.6) is 5.75 Å². The number of benzene rings is 3. The Morgan fingerprint density at radius 1 is 0.818 bits per heavy atom. The minimum Gasteiger partial charge on any atom is -0.489 e. The molecule has 7 heteroatoms. The minimum atomic E-state index is -0.686. The van der Waals surface area contributed by atoms with Gasteiger partial charge in [-0.2, -0.15) is 0 Å². The summed E-state index contributed by atoms with van der Waals surface area (Å²) < 4.78 is 17.0.